The van der Waals surface area contributed by atoms with Gasteiger partial charge >= 0.3 is 0 Å². The maximum absolute atomic E-state index is 11.5. The lowest BCUT2D eigenvalue weighted by atomic mass is 9.47. The smallest absolute Gasteiger partial charge is 0.104 e. The Balaban J connectivity index is 0.000000303. The lowest BCUT2D eigenvalue weighted by Crippen LogP contribution is -2.50. The minimum Gasteiger partial charge on any atom is -0.393 e. The van der Waals surface area contributed by atoms with E-state index in [0.717, 1.165) is 62.2 Å². The predicted octanol–water partition coefficient (Wildman–Crippen LogP) is 6.08. The second kappa shape index (κ2) is 13.1. The van der Waals surface area contributed by atoms with Crippen molar-refractivity contribution >= 4 is 5.71 Å². The lowest BCUT2D eigenvalue weighted by Gasteiger charge is -2.58. The zero-order chi connectivity index (χ0) is 25.5. The van der Waals surface area contributed by atoms with E-state index in [1.165, 1.54) is 38.5 Å². The Labute approximate surface area is 215 Å². The molecule has 0 spiro atoms. The van der Waals surface area contributed by atoms with Crippen LogP contribution in [0.4, 0.5) is 4.39 Å². The van der Waals surface area contributed by atoms with Crippen molar-refractivity contribution in [3.63, 3.8) is 0 Å². The van der Waals surface area contributed by atoms with Crippen LogP contribution in [0.25, 0.3) is 0 Å². The first-order valence-electron chi connectivity index (χ1n) is 14.3. The minimum atomic E-state index is -0.381. The van der Waals surface area contributed by atoms with Gasteiger partial charge in [0.1, 0.15) is 6.67 Å². The van der Waals surface area contributed by atoms with E-state index in [9.17, 15) is 9.50 Å². The quantitative estimate of drug-likeness (QED) is 0.128. The van der Waals surface area contributed by atoms with Crippen LogP contribution in [0.2, 0.25) is 0 Å². The van der Waals surface area contributed by atoms with Crippen LogP contribution in [0.1, 0.15) is 93.3 Å². The van der Waals surface area contributed by atoms with Crippen molar-refractivity contribution in [3.05, 3.63) is 11.6 Å². The Morgan fingerprint density at radius 1 is 1.17 bits per heavy atom. The van der Waals surface area contributed by atoms with Gasteiger partial charge in [-0.2, -0.15) is 5.48 Å². The highest BCUT2D eigenvalue weighted by Crippen LogP contribution is 2.66. The van der Waals surface area contributed by atoms with Gasteiger partial charge in [0.05, 0.1) is 12.7 Å². The number of nitrogens with one attached hydrogen (secondary N) is 3. The molecule has 4 aliphatic carbocycles. The molecule has 3 fully saturated rings. The van der Waals surface area contributed by atoms with Crippen molar-refractivity contribution in [2.75, 3.05) is 32.9 Å². The fraction of sp³-hybridized carbons (Fsp3) is 0.897. The minimum absolute atomic E-state index is 0. The van der Waals surface area contributed by atoms with Gasteiger partial charge in [0.25, 0.3) is 0 Å². The molecule has 204 valence electrons. The van der Waals surface area contributed by atoms with Crippen LogP contribution >= 0.6 is 0 Å². The zero-order valence-electron chi connectivity index (χ0n) is 22.8. The third-order valence-corrected chi connectivity index (χ3v) is 9.93. The molecular formula is C29H54FN3O2. The third-order valence-electron chi connectivity index (χ3n) is 9.93. The van der Waals surface area contributed by atoms with E-state index >= 15 is 0 Å². The maximum atomic E-state index is 11.5. The summed E-state index contributed by atoms with van der Waals surface area (Å²) >= 11 is 0. The molecule has 0 aromatic rings. The largest absolute Gasteiger partial charge is 0.393 e. The SMILES string of the molecule is CC(=N)C1CCC2C3CC=C4CC(O)CCC4(C)C3CCC12C.CCCNCCCONCCF.[HH]. The van der Waals surface area contributed by atoms with E-state index < -0.39 is 0 Å². The number of fused-ring (bicyclic) bond motifs is 5. The molecule has 6 heteroatoms. The molecule has 0 amide bonds. The van der Waals surface area contributed by atoms with Crippen molar-refractivity contribution in [1.29, 1.82) is 5.41 Å². The first kappa shape index (κ1) is 28.7. The number of aliphatic hydroxyl groups is 1. The number of allylic oxidation sites excluding steroid dienone is 1. The normalized spacial score (nSPS) is 37.9. The van der Waals surface area contributed by atoms with E-state index in [1.54, 1.807) is 5.57 Å². The van der Waals surface area contributed by atoms with Crippen molar-refractivity contribution in [2.24, 2.45) is 34.5 Å². The molecule has 0 radical (unpaired) electrons. The summed E-state index contributed by atoms with van der Waals surface area (Å²) in [5.41, 5.74) is 5.74. The highest BCUT2D eigenvalue weighted by molar-refractivity contribution is 5.82. The van der Waals surface area contributed by atoms with Crippen LogP contribution < -0.4 is 10.8 Å². The molecule has 4 aliphatic rings. The Hall–Kier alpha value is -0.820. The van der Waals surface area contributed by atoms with Crippen LogP contribution in [0.3, 0.4) is 0 Å². The standard InChI is InChI=1S/C21H33NO.C8H19FN2O.H2/c1-13(22)17-6-7-18-16-5-4-14-12-15(23)8-10-20(14,2)19(16)9-11-21(17,18)3;1-2-5-10-6-3-8-12-11-7-4-9;/h4,15-19,22-23H,5-12H2,1-3H3;10-11H,2-8H2,1H3;1H. The number of hydrogen-bond donors (Lipinski definition) is 4. The van der Waals surface area contributed by atoms with Crippen molar-refractivity contribution in [1.82, 2.24) is 10.8 Å². The van der Waals surface area contributed by atoms with Gasteiger partial charge in [0.2, 0.25) is 0 Å². The molecule has 4 N–H and O–H groups in total. The third kappa shape index (κ3) is 6.55. The van der Waals surface area contributed by atoms with Gasteiger partial charge in [0, 0.05) is 19.6 Å². The zero-order valence-corrected chi connectivity index (χ0v) is 22.8. The maximum Gasteiger partial charge on any atom is 0.104 e. The Bertz CT molecular complexity index is 713. The van der Waals surface area contributed by atoms with E-state index in [2.05, 4.69) is 37.6 Å². The molecule has 3 saturated carbocycles. The van der Waals surface area contributed by atoms with Gasteiger partial charge < -0.3 is 20.7 Å². The number of hydroxylamine groups is 1. The molecule has 4 rings (SSSR count). The fourth-order valence-electron chi connectivity index (χ4n) is 8.11. The first-order valence-corrected chi connectivity index (χ1v) is 14.3. The second-order valence-electron chi connectivity index (χ2n) is 12.0. The monoisotopic (exact) mass is 495 g/mol. The van der Waals surface area contributed by atoms with Crippen molar-refractivity contribution in [2.45, 2.75) is 98.0 Å². The topological polar surface area (TPSA) is 77.4 Å². The highest BCUT2D eigenvalue weighted by Gasteiger charge is 2.58. The number of halogens is 1. The molecule has 0 aromatic carbocycles. The summed E-state index contributed by atoms with van der Waals surface area (Å²) < 4.78 is 11.5. The fourth-order valence-corrected chi connectivity index (χ4v) is 8.11. The molecule has 0 saturated heterocycles. The van der Waals surface area contributed by atoms with Gasteiger partial charge in [-0.05, 0) is 113 Å². The van der Waals surface area contributed by atoms with E-state index in [4.69, 9.17) is 10.2 Å². The van der Waals surface area contributed by atoms with E-state index in [-0.39, 0.29) is 20.7 Å². The van der Waals surface area contributed by atoms with Crippen LogP contribution in [-0.2, 0) is 4.84 Å². The number of alkyl halides is 1. The molecule has 0 heterocycles. The molecule has 35 heavy (non-hydrogen) atoms. The summed E-state index contributed by atoms with van der Waals surface area (Å²) in [4.78, 5) is 4.92. The van der Waals surface area contributed by atoms with Gasteiger partial charge in [-0.1, -0.05) is 32.4 Å². The predicted molar refractivity (Wildman–Crippen MR) is 144 cm³/mol. The highest BCUT2D eigenvalue weighted by atomic mass is 19.1. The summed E-state index contributed by atoms with van der Waals surface area (Å²) in [6.07, 6.45) is 14.1. The summed E-state index contributed by atoms with van der Waals surface area (Å²) in [7, 11) is 0. The number of rotatable bonds is 10. The van der Waals surface area contributed by atoms with E-state index in [0.29, 0.717) is 23.4 Å². The van der Waals surface area contributed by atoms with E-state index in [1.807, 2.05) is 6.92 Å². The molecular weight excluding hydrogens is 441 g/mol. The first-order chi connectivity index (χ1) is 16.8. The molecule has 0 bridgehead atoms. The van der Waals surface area contributed by atoms with Crippen LogP contribution in [0.5, 0.6) is 0 Å². The molecule has 7 atom stereocenters. The van der Waals surface area contributed by atoms with Crippen LogP contribution in [0.15, 0.2) is 11.6 Å². The average molecular weight is 496 g/mol. The Morgan fingerprint density at radius 2 is 1.97 bits per heavy atom. The second-order valence-corrected chi connectivity index (χ2v) is 12.0. The Morgan fingerprint density at radius 3 is 2.69 bits per heavy atom. The molecule has 5 nitrogen and oxygen atoms in total. The van der Waals surface area contributed by atoms with Gasteiger partial charge in [-0.15, -0.1) is 0 Å². The average Bonchev–Trinajstić information content (AvgIpc) is 3.19. The summed E-state index contributed by atoms with van der Waals surface area (Å²) in [6.45, 7) is 11.7. The molecule has 7 unspecified atom stereocenters. The lowest BCUT2D eigenvalue weighted by molar-refractivity contribution is -0.0424. The number of hydrogen-bond acceptors (Lipinski definition) is 5. The van der Waals surface area contributed by atoms with Gasteiger partial charge in [-0.25, -0.2) is 4.39 Å². The summed E-state index contributed by atoms with van der Waals surface area (Å²) in [5.74, 6) is 2.98. The Kier molecular flexibility index (Phi) is 10.8. The van der Waals surface area contributed by atoms with Crippen LogP contribution in [0, 0.1) is 39.9 Å². The van der Waals surface area contributed by atoms with Gasteiger partial charge in [0.15, 0.2) is 0 Å². The van der Waals surface area contributed by atoms with Gasteiger partial charge in [-0.3, -0.25) is 0 Å². The van der Waals surface area contributed by atoms with Crippen molar-refractivity contribution < 1.29 is 15.8 Å². The van der Waals surface area contributed by atoms with Crippen molar-refractivity contribution in [3.8, 4) is 0 Å². The number of aliphatic hydroxyl groups excluding tert-OH is 1. The van der Waals surface area contributed by atoms with Crippen LogP contribution in [-0.4, -0.2) is 49.8 Å². The molecule has 0 aromatic heterocycles. The summed E-state index contributed by atoms with van der Waals surface area (Å²) in [6, 6.07) is 0. The molecule has 0 aliphatic heterocycles. The summed E-state index contributed by atoms with van der Waals surface area (Å²) in [5, 5.41) is 21.6.